The van der Waals surface area contributed by atoms with Gasteiger partial charge in [0.1, 0.15) is 5.03 Å². The molecule has 4 heteroatoms. The third-order valence-corrected chi connectivity index (χ3v) is 3.99. The van der Waals surface area contributed by atoms with E-state index in [1.54, 1.807) is 6.08 Å². The minimum Gasteiger partial charge on any atom is -0.337 e. The van der Waals surface area contributed by atoms with Crippen LogP contribution in [0.25, 0.3) is 0 Å². The van der Waals surface area contributed by atoms with Gasteiger partial charge in [-0.3, -0.25) is 4.21 Å². The number of hydrogen-bond acceptors (Lipinski definition) is 2. The van der Waals surface area contributed by atoms with Crippen molar-refractivity contribution in [3.8, 4) is 6.07 Å². The largest absolute Gasteiger partial charge is 0.337 e. The van der Waals surface area contributed by atoms with Gasteiger partial charge >= 0.3 is 0 Å². The van der Waals surface area contributed by atoms with Crippen molar-refractivity contribution < 1.29 is 4.21 Å². The number of nitrogens with zero attached hydrogens (tertiary/aromatic N) is 2. The zero-order valence-electron chi connectivity index (χ0n) is 8.35. The molecule has 2 atom stereocenters. The molecule has 2 heterocycles. The standard InChI is InChI=1S/C11H12N2OS/c1-2-7-15(14)11-4-3-10-9(8-12)5-6-13(10)11/h2-4,9H,1,5-7H2. The van der Waals surface area contributed by atoms with Gasteiger partial charge in [-0.05, 0) is 18.6 Å². The molecule has 1 aromatic heterocycles. The Bertz CT molecular complexity index is 456. The summed E-state index contributed by atoms with van der Waals surface area (Å²) in [6, 6.07) is 6.04. The van der Waals surface area contributed by atoms with Gasteiger partial charge in [-0.1, -0.05) is 6.08 Å². The molecule has 1 aliphatic rings. The fourth-order valence-electron chi connectivity index (χ4n) is 1.94. The van der Waals surface area contributed by atoms with Gasteiger partial charge in [0, 0.05) is 18.0 Å². The molecule has 0 radical (unpaired) electrons. The van der Waals surface area contributed by atoms with Gasteiger partial charge in [-0.25, -0.2) is 0 Å². The van der Waals surface area contributed by atoms with E-state index in [0.29, 0.717) is 5.75 Å². The van der Waals surface area contributed by atoms with E-state index in [0.717, 1.165) is 23.7 Å². The van der Waals surface area contributed by atoms with Crippen molar-refractivity contribution in [2.45, 2.75) is 23.9 Å². The highest BCUT2D eigenvalue weighted by Crippen LogP contribution is 2.30. The topological polar surface area (TPSA) is 45.8 Å². The molecule has 0 N–H and O–H groups in total. The molecule has 2 unspecified atom stereocenters. The van der Waals surface area contributed by atoms with Crippen molar-refractivity contribution in [2.24, 2.45) is 0 Å². The molecule has 0 bridgehead atoms. The highest BCUT2D eigenvalue weighted by Gasteiger charge is 2.25. The zero-order chi connectivity index (χ0) is 10.8. The Balaban J connectivity index is 2.34. The first-order valence-corrected chi connectivity index (χ1v) is 6.18. The minimum atomic E-state index is -1.02. The lowest BCUT2D eigenvalue weighted by molar-refractivity contribution is 0.652. The molecule has 3 nitrogen and oxygen atoms in total. The molecule has 1 aromatic rings. The molecule has 0 amide bonds. The number of rotatable bonds is 3. The van der Waals surface area contributed by atoms with Crippen molar-refractivity contribution in [3.63, 3.8) is 0 Å². The second kappa shape index (κ2) is 4.03. The van der Waals surface area contributed by atoms with Crippen LogP contribution in [0, 0.1) is 11.3 Å². The van der Waals surface area contributed by atoms with Crippen LogP contribution in [-0.4, -0.2) is 14.5 Å². The van der Waals surface area contributed by atoms with E-state index < -0.39 is 10.8 Å². The lowest BCUT2D eigenvalue weighted by Gasteiger charge is -2.03. The maximum atomic E-state index is 11.8. The molecule has 78 valence electrons. The second-order valence-corrected chi connectivity index (χ2v) is 4.96. The molecular weight excluding hydrogens is 208 g/mol. The van der Waals surface area contributed by atoms with E-state index in [2.05, 4.69) is 12.6 Å². The highest BCUT2D eigenvalue weighted by molar-refractivity contribution is 7.85. The number of aromatic nitrogens is 1. The number of fused-ring (bicyclic) bond motifs is 1. The van der Waals surface area contributed by atoms with Crippen LogP contribution in [0.3, 0.4) is 0 Å². The summed E-state index contributed by atoms with van der Waals surface area (Å²) < 4.78 is 13.8. The minimum absolute atomic E-state index is 0.0283. The Kier molecular flexibility index (Phi) is 2.74. The van der Waals surface area contributed by atoms with Crippen LogP contribution in [-0.2, 0) is 17.3 Å². The van der Waals surface area contributed by atoms with E-state index in [1.165, 1.54) is 0 Å². The molecule has 0 saturated heterocycles. The third-order valence-electron chi connectivity index (χ3n) is 2.63. The predicted molar refractivity (Wildman–Crippen MR) is 58.9 cm³/mol. The van der Waals surface area contributed by atoms with Gasteiger partial charge in [0.25, 0.3) is 0 Å². The smallest absolute Gasteiger partial charge is 0.107 e. The number of nitriles is 1. The van der Waals surface area contributed by atoms with Crippen molar-refractivity contribution in [2.75, 3.05) is 5.75 Å². The van der Waals surface area contributed by atoms with Crippen LogP contribution in [0.15, 0.2) is 29.8 Å². The van der Waals surface area contributed by atoms with E-state index in [9.17, 15) is 4.21 Å². The maximum absolute atomic E-state index is 11.8. The van der Waals surface area contributed by atoms with Crippen LogP contribution in [0.4, 0.5) is 0 Å². The van der Waals surface area contributed by atoms with Gasteiger partial charge in [0.05, 0.1) is 22.8 Å². The lowest BCUT2D eigenvalue weighted by Crippen LogP contribution is -2.04. The first kappa shape index (κ1) is 10.2. The fourth-order valence-corrected chi connectivity index (χ4v) is 2.98. The van der Waals surface area contributed by atoms with Crippen molar-refractivity contribution in [1.82, 2.24) is 4.57 Å². The molecule has 0 fully saturated rings. The van der Waals surface area contributed by atoms with Crippen molar-refractivity contribution in [3.05, 3.63) is 30.5 Å². The quantitative estimate of drug-likeness (QED) is 0.729. The summed E-state index contributed by atoms with van der Waals surface area (Å²) in [7, 11) is -1.02. The van der Waals surface area contributed by atoms with Gasteiger partial charge in [-0.15, -0.1) is 6.58 Å². The monoisotopic (exact) mass is 220 g/mol. The third kappa shape index (κ3) is 1.64. The summed E-state index contributed by atoms with van der Waals surface area (Å²) in [6.07, 6.45) is 2.50. The zero-order valence-corrected chi connectivity index (χ0v) is 9.17. The van der Waals surface area contributed by atoms with Gasteiger partial charge < -0.3 is 4.57 Å². The first-order valence-electron chi connectivity index (χ1n) is 4.86. The summed E-state index contributed by atoms with van der Waals surface area (Å²) in [5, 5.41) is 9.73. The van der Waals surface area contributed by atoms with Gasteiger partial charge in [0.15, 0.2) is 0 Å². The van der Waals surface area contributed by atoms with Gasteiger partial charge in [0.2, 0.25) is 0 Å². The average molecular weight is 220 g/mol. The van der Waals surface area contributed by atoms with Crippen LogP contribution >= 0.6 is 0 Å². The summed E-state index contributed by atoms with van der Waals surface area (Å²) in [5.74, 6) is 0.445. The number of hydrogen-bond donors (Lipinski definition) is 0. The molecule has 15 heavy (non-hydrogen) atoms. The normalized spacial score (nSPS) is 20.6. The van der Waals surface area contributed by atoms with Gasteiger partial charge in [-0.2, -0.15) is 5.26 Å². The molecule has 1 aliphatic heterocycles. The Labute approximate surface area is 91.5 Å². The van der Waals surface area contributed by atoms with Crippen LogP contribution in [0.2, 0.25) is 0 Å². The van der Waals surface area contributed by atoms with Crippen LogP contribution in [0.5, 0.6) is 0 Å². The van der Waals surface area contributed by atoms with E-state index >= 15 is 0 Å². The SMILES string of the molecule is C=CCS(=O)c1ccc2n1CCC2C#N. The van der Waals surface area contributed by atoms with Crippen LogP contribution < -0.4 is 0 Å². The average Bonchev–Trinajstić information content (AvgIpc) is 2.77. The lowest BCUT2D eigenvalue weighted by atomic mass is 10.1. The van der Waals surface area contributed by atoms with Crippen molar-refractivity contribution in [1.29, 1.82) is 5.26 Å². The van der Waals surface area contributed by atoms with E-state index in [1.807, 2.05) is 16.7 Å². The Morgan fingerprint density at radius 1 is 1.73 bits per heavy atom. The molecular formula is C11H12N2OS. The summed E-state index contributed by atoms with van der Waals surface area (Å²) in [5.41, 5.74) is 1.00. The molecule has 0 saturated carbocycles. The van der Waals surface area contributed by atoms with E-state index in [-0.39, 0.29) is 5.92 Å². The fraction of sp³-hybridized carbons (Fsp3) is 0.364. The Morgan fingerprint density at radius 3 is 3.20 bits per heavy atom. The summed E-state index contributed by atoms with van der Waals surface area (Å²) in [6.45, 7) is 4.38. The Hall–Kier alpha value is -1.34. The molecule has 0 spiro atoms. The maximum Gasteiger partial charge on any atom is 0.107 e. The molecule has 0 aromatic carbocycles. The molecule has 2 rings (SSSR count). The Morgan fingerprint density at radius 2 is 2.53 bits per heavy atom. The summed E-state index contributed by atoms with van der Waals surface area (Å²) in [4.78, 5) is 0. The van der Waals surface area contributed by atoms with E-state index in [4.69, 9.17) is 5.26 Å². The van der Waals surface area contributed by atoms with Crippen molar-refractivity contribution >= 4 is 10.8 Å². The van der Waals surface area contributed by atoms with Crippen LogP contribution in [0.1, 0.15) is 18.0 Å². The summed E-state index contributed by atoms with van der Waals surface area (Å²) >= 11 is 0. The molecule has 0 aliphatic carbocycles. The first-order chi connectivity index (χ1) is 7.27. The highest BCUT2D eigenvalue weighted by atomic mass is 32.2. The second-order valence-electron chi connectivity index (χ2n) is 3.52. The predicted octanol–water partition coefficient (Wildman–Crippen LogP) is 1.79.